The van der Waals surface area contributed by atoms with Crippen molar-refractivity contribution in [1.29, 1.82) is 5.41 Å². The van der Waals surface area contributed by atoms with E-state index in [4.69, 9.17) is 5.41 Å². The zero-order chi connectivity index (χ0) is 16.3. The Bertz CT molecular complexity index is 511. The van der Waals surface area contributed by atoms with Crippen LogP contribution >= 0.6 is 0 Å². The van der Waals surface area contributed by atoms with E-state index >= 15 is 0 Å². The third-order valence-corrected chi connectivity index (χ3v) is 2.77. The van der Waals surface area contributed by atoms with Crippen molar-refractivity contribution in [2.24, 2.45) is 0 Å². The summed E-state index contributed by atoms with van der Waals surface area (Å²) in [6, 6.07) is 7.38. The second-order valence-electron chi connectivity index (χ2n) is 4.29. The fourth-order valence-corrected chi connectivity index (χ4v) is 1.59. The minimum Gasteiger partial charge on any atom is -0.347 e. The van der Waals surface area contributed by atoms with Gasteiger partial charge in [-0.15, -0.1) is 0 Å². The Morgan fingerprint density at radius 1 is 1.19 bits per heavy atom. The number of hydrogen-bond acceptors (Lipinski definition) is 2. The van der Waals surface area contributed by atoms with Gasteiger partial charge in [0.2, 0.25) is 0 Å². The molecule has 0 atom stereocenters. The third-order valence-electron chi connectivity index (χ3n) is 2.77. The van der Waals surface area contributed by atoms with Crippen LogP contribution in [-0.2, 0) is 4.79 Å². The predicted molar refractivity (Wildman–Crippen MR) is 90.9 cm³/mol. The maximum atomic E-state index is 11.9. The molecule has 0 heterocycles. The van der Waals surface area contributed by atoms with Gasteiger partial charge in [-0.3, -0.25) is 10.2 Å². The average Bonchev–Trinajstić information content (AvgIpc) is 2.53. The Morgan fingerprint density at radius 2 is 1.76 bits per heavy atom. The van der Waals surface area contributed by atoms with Crippen LogP contribution in [-0.4, -0.2) is 18.2 Å². The molecule has 0 aliphatic heterocycles. The van der Waals surface area contributed by atoms with Gasteiger partial charge >= 0.3 is 0 Å². The lowest BCUT2D eigenvalue weighted by atomic mass is 10.1. The van der Waals surface area contributed by atoms with Gasteiger partial charge < -0.3 is 5.32 Å². The van der Waals surface area contributed by atoms with Crippen molar-refractivity contribution in [2.45, 2.75) is 34.6 Å². The molecular formula is C18H26N2O. The molecule has 0 aromatic heterocycles. The zero-order valence-corrected chi connectivity index (χ0v) is 13.7. The van der Waals surface area contributed by atoms with Crippen LogP contribution in [0.2, 0.25) is 0 Å². The van der Waals surface area contributed by atoms with E-state index in [1.54, 1.807) is 12.1 Å². The molecule has 3 nitrogen and oxygen atoms in total. The number of carbonyl (C=O) groups is 1. The number of aryl methyl sites for hydroxylation is 1. The van der Waals surface area contributed by atoms with E-state index in [1.165, 1.54) is 0 Å². The lowest BCUT2D eigenvalue weighted by molar-refractivity contribution is -0.114. The molecule has 0 spiro atoms. The highest BCUT2D eigenvalue weighted by molar-refractivity contribution is 6.44. The Hall–Kier alpha value is -2.16. The van der Waals surface area contributed by atoms with Gasteiger partial charge in [0, 0.05) is 12.1 Å². The van der Waals surface area contributed by atoms with E-state index in [1.807, 2.05) is 65.0 Å². The number of hydrogen-bond donors (Lipinski definition) is 2. The first-order valence-electron chi connectivity index (χ1n) is 7.30. The molecule has 114 valence electrons. The third kappa shape index (κ3) is 6.70. The zero-order valence-electron chi connectivity index (χ0n) is 13.7. The van der Waals surface area contributed by atoms with Crippen molar-refractivity contribution >= 4 is 11.6 Å². The summed E-state index contributed by atoms with van der Waals surface area (Å²) in [5, 5.41) is 10.6. The Morgan fingerprint density at radius 3 is 2.24 bits per heavy atom. The quantitative estimate of drug-likeness (QED) is 0.623. The van der Waals surface area contributed by atoms with E-state index in [-0.39, 0.29) is 11.6 Å². The largest absolute Gasteiger partial charge is 0.347 e. The summed E-state index contributed by atoms with van der Waals surface area (Å²) in [5.74, 6) is -0.354. The van der Waals surface area contributed by atoms with Gasteiger partial charge in [0.1, 0.15) is 5.71 Å². The molecule has 0 fully saturated rings. The molecule has 21 heavy (non-hydrogen) atoms. The summed E-state index contributed by atoms with van der Waals surface area (Å²) in [6.07, 6.45) is 5.80. The molecule has 1 amide bonds. The Labute approximate surface area is 128 Å². The normalized spacial score (nSPS) is 10.8. The van der Waals surface area contributed by atoms with Crippen LogP contribution in [0.4, 0.5) is 0 Å². The molecule has 1 aromatic rings. The smallest absolute Gasteiger partial charge is 0.270 e. The molecule has 1 aromatic carbocycles. The van der Waals surface area contributed by atoms with Gasteiger partial charge in [0.15, 0.2) is 0 Å². The molecule has 0 saturated heterocycles. The molecule has 0 radical (unpaired) electrons. The SMILES string of the molecule is C/C=C\C(=C/C)CNC(=O)C(=N)c1ccc(C)cc1.CC. The van der Waals surface area contributed by atoms with E-state index in [0.29, 0.717) is 12.1 Å². The number of nitrogens with one attached hydrogen (secondary N) is 2. The van der Waals surface area contributed by atoms with Gasteiger partial charge in [-0.05, 0) is 26.3 Å². The fourth-order valence-electron chi connectivity index (χ4n) is 1.59. The van der Waals surface area contributed by atoms with Crippen LogP contribution < -0.4 is 5.32 Å². The van der Waals surface area contributed by atoms with Crippen molar-refractivity contribution in [3.05, 3.63) is 59.2 Å². The molecule has 0 aliphatic carbocycles. The Kier molecular flexibility index (Phi) is 9.52. The topological polar surface area (TPSA) is 53.0 Å². The molecule has 0 saturated carbocycles. The van der Waals surface area contributed by atoms with Crippen LogP contribution in [0.3, 0.4) is 0 Å². The molecule has 2 N–H and O–H groups in total. The summed E-state index contributed by atoms with van der Waals surface area (Å²) in [6.45, 7) is 10.3. The maximum absolute atomic E-state index is 11.9. The van der Waals surface area contributed by atoms with Crippen LogP contribution in [0.25, 0.3) is 0 Å². The molecule has 0 unspecified atom stereocenters. The minimum absolute atomic E-state index is 0.00377. The first-order chi connectivity index (χ1) is 10.1. The predicted octanol–water partition coefficient (Wildman–Crippen LogP) is 4.03. The molecule has 0 bridgehead atoms. The number of amides is 1. The minimum atomic E-state index is -0.354. The van der Waals surface area contributed by atoms with Crippen LogP contribution in [0.15, 0.2) is 48.1 Å². The lowest BCUT2D eigenvalue weighted by Gasteiger charge is -2.07. The summed E-state index contributed by atoms with van der Waals surface area (Å²) in [4.78, 5) is 11.9. The second-order valence-corrected chi connectivity index (χ2v) is 4.29. The number of benzene rings is 1. The summed E-state index contributed by atoms with van der Waals surface area (Å²) < 4.78 is 0. The van der Waals surface area contributed by atoms with E-state index in [0.717, 1.165) is 11.1 Å². The molecular weight excluding hydrogens is 260 g/mol. The standard InChI is InChI=1S/C16H20N2O.C2H6/c1-4-6-13(5-2)11-18-16(19)15(17)14-9-7-12(3)8-10-14;1-2/h4-10,17H,11H2,1-3H3,(H,18,19);1-2H3/b6-4-,13-5+,17-15?;. The van der Waals surface area contributed by atoms with Crippen LogP contribution in [0.1, 0.15) is 38.8 Å². The number of rotatable bonds is 5. The van der Waals surface area contributed by atoms with Crippen molar-refractivity contribution in [3.8, 4) is 0 Å². The highest BCUT2D eigenvalue weighted by Gasteiger charge is 2.11. The molecule has 3 heteroatoms. The first kappa shape index (κ1) is 18.8. The Balaban J connectivity index is 0.00000191. The van der Waals surface area contributed by atoms with Gasteiger partial charge in [-0.25, -0.2) is 0 Å². The summed E-state index contributed by atoms with van der Waals surface area (Å²) in [7, 11) is 0. The monoisotopic (exact) mass is 286 g/mol. The molecule has 1 rings (SSSR count). The van der Waals surface area contributed by atoms with E-state index in [9.17, 15) is 4.79 Å². The van der Waals surface area contributed by atoms with Crippen molar-refractivity contribution in [2.75, 3.05) is 6.54 Å². The van der Waals surface area contributed by atoms with Crippen LogP contribution in [0.5, 0.6) is 0 Å². The van der Waals surface area contributed by atoms with Crippen molar-refractivity contribution in [3.63, 3.8) is 0 Å². The van der Waals surface area contributed by atoms with Gasteiger partial charge in [-0.1, -0.05) is 61.9 Å². The van der Waals surface area contributed by atoms with E-state index in [2.05, 4.69) is 5.32 Å². The summed E-state index contributed by atoms with van der Waals surface area (Å²) in [5.41, 5.74) is 2.76. The number of carbonyl (C=O) groups excluding carboxylic acids is 1. The summed E-state index contributed by atoms with van der Waals surface area (Å²) >= 11 is 0. The fraction of sp³-hybridized carbons (Fsp3) is 0.333. The lowest BCUT2D eigenvalue weighted by Crippen LogP contribution is -2.32. The van der Waals surface area contributed by atoms with Gasteiger partial charge in [0.25, 0.3) is 5.91 Å². The van der Waals surface area contributed by atoms with Crippen molar-refractivity contribution < 1.29 is 4.79 Å². The highest BCUT2D eigenvalue weighted by atomic mass is 16.1. The van der Waals surface area contributed by atoms with E-state index < -0.39 is 0 Å². The van der Waals surface area contributed by atoms with Crippen LogP contribution in [0, 0.1) is 12.3 Å². The maximum Gasteiger partial charge on any atom is 0.270 e. The number of allylic oxidation sites excluding steroid dienone is 2. The average molecular weight is 286 g/mol. The van der Waals surface area contributed by atoms with Crippen molar-refractivity contribution in [1.82, 2.24) is 5.32 Å². The first-order valence-corrected chi connectivity index (χ1v) is 7.30. The van der Waals surface area contributed by atoms with Gasteiger partial charge in [0.05, 0.1) is 0 Å². The highest BCUT2D eigenvalue weighted by Crippen LogP contribution is 2.04. The second kappa shape index (κ2) is 10.6. The molecule has 0 aliphatic rings. The van der Waals surface area contributed by atoms with Gasteiger partial charge in [-0.2, -0.15) is 0 Å².